The molecule has 0 aliphatic rings. The maximum Gasteiger partial charge on any atom is 0.235 e. The van der Waals surface area contributed by atoms with E-state index in [0.717, 1.165) is 40.1 Å². The summed E-state index contributed by atoms with van der Waals surface area (Å²) in [7, 11) is 0. The Kier molecular flexibility index (Phi) is 6.20. The van der Waals surface area contributed by atoms with E-state index in [0.29, 0.717) is 5.95 Å². The molecule has 0 saturated carbocycles. The van der Waals surface area contributed by atoms with Crippen LogP contribution < -0.4 is 0 Å². The zero-order chi connectivity index (χ0) is 34.3. The summed E-state index contributed by atoms with van der Waals surface area (Å²) in [6.07, 6.45) is 0. The average Bonchev–Trinajstić information content (AvgIpc) is 3.75. The van der Waals surface area contributed by atoms with Crippen LogP contribution >= 0.6 is 0 Å². The average molecular weight is 665 g/mol. The normalized spacial score (nSPS) is 12.0. The van der Waals surface area contributed by atoms with Crippen LogP contribution in [0.3, 0.4) is 0 Å². The molecule has 0 fully saturated rings. The first-order valence-electron chi connectivity index (χ1n) is 18.0. The molecule has 0 aliphatic heterocycles. The summed E-state index contributed by atoms with van der Waals surface area (Å²) in [4.78, 5) is 10.8. The standard InChI is InChI=1S/C48H32N4/c1-2-51-40-27-15-13-25-36(40)43-45-42(32-21-9-11-23-34(32)46(43)51)33-22-10-12-24-35(33)47-44(45)37-26-14-16-28-41(37)52(47)48-49-38(30-17-5-3-6-18-30)29-39(50-48)31-19-7-4-8-20-31/h3-29H,2H2,1H3. The minimum absolute atomic E-state index is 0.656. The Morgan fingerprint density at radius 1 is 0.404 bits per heavy atom. The molecule has 0 atom stereocenters. The van der Waals surface area contributed by atoms with Crippen LogP contribution in [0.1, 0.15) is 6.92 Å². The summed E-state index contributed by atoms with van der Waals surface area (Å²) in [5.74, 6) is 0.656. The van der Waals surface area contributed by atoms with Gasteiger partial charge in [-0.2, -0.15) is 0 Å². The van der Waals surface area contributed by atoms with E-state index < -0.39 is 0 Å². The number of benzene rings is 8. The summed E-state index contributed by atoms with van der Waals surface area (Å²) in [6, 6.07) is 58.6. The SMILES string of the molecule is CCn1c2ccccc2c2c3c(c4ccccc4c21)c1ccccc1c1c3c2ccccc2n1-c1nc(-c2ccccc2)cc(-c2ccccc2)n1. The van der Waals surface area contributed by atoms with Crippen molar-refractivity contribution < 1.29 is 0 Å². The molecule has 0 amide bonds. The number of hydrogen-bond acceptors (Lipinski definition) is 2. The van der Waals surface area contributed by atoms with Crippen molar-refractivity contribution in [2.75, 3.05) is 0 Å². The molecule has 52 heavy (non-hydrogen) atoms. The lowest BCUT2D eigenvalue weighted by molar-refractivity contribution is 0.829. The monoisotopic (exact) mass is 664 g/mol. The molecule has 4 heteroatoms. The van der Waals surface area contributed by atoms with Crippen LogP contribution in [0.5, 0.6) is 0 Å². The summed E-state index contributed by atoms with van der Waals surface area (Å²) in [5.41, 5.74) is 8.64. The highest BCUT2D eigenvalue weighted by Gasteiger charge is 2.26. The first-order valence-corrected chi connectivity index (χ1v) is 18.0. The summed E-state index contributed by atoms with van der Waals surface area (Å²) < 4.78 is 4.83. The molecule has 11 aromatic rings. The van der Waals surface area contributed by atoms with Crippen LogP contribution in [0.2, 0.25) is 0 Å². The van der Waals surface area contributed by atoms with Crippen molar-refractivity contribution in [3.63, 3.8) is 0 Å². The van der Waals surface area contributed by atoms with Gasteiger partial charge in [0.1, 0.15) is 0 Å². The van der Waals surface area contributed by atoms with Gasteiger partial charge in [-0.15, -0.1) is 0 Å². The molecule has 8 aromatic carbocycles. The van der Waals surface area contributed by atoms with Gasteiger partial charge in [0.2, 0.25) is 5.95 Å². The summed E-state index contributed by atoms with van der Waals surface area (Å²) in [6.45, 7) is 3.13. The highest BCUT2D eigenvalue weighted by atomic mass is 15.2. The van der Waals surface area contributed by atoms with Gasteiger partial charge in [0.05, 0.1) is 27.9 Å². The Bertz CT molecular complexity index is 3150. The van der Waals surface area contributed by atoms with E-state index in [1.807, 2.05) is 12.1 Å². The molecule has 4 nitrogen and oxygen atoms in total. The largest absolute Gasteiger partial charge is 0.340 e. The third kappa shape index (κ3) is 3.97. The van der Waals surface area contributed by atoms with Crippen molar-refractivity contribution in [1.82, 2.24) is 19.1 Å². The molecule has 0 saturated heterocycles. The number of hydrogen-bond donors (Lipinski definition) is 0. The molecule has 0 N–H and O–H groups in total. The molecule has 0 unspecified atom stereocenters. The number of rotatable bonds is 4. The van der Waals surface area contributed by atoms with E-state index in [9.17, 15) is 0 Å². The van der Waals surface area contributed by atoms with Gasteiger partial charge in [0.15, 0.2) is 0 Å². The molecule has 0 spiro atoms. The second-order valence-electron chi connectivity index (χ2n) is 13.6. The van der Waals surface area contributed by atoms with E-state index in [4.69, 9.17) is 9.97 Å². The van der Waals surface area contributed by atoms with Gasteiger partial charge < -0.3 is 4.57 Å². The van der Waals surface area contributed by atoms with Gasteiger partial charge in [-0.1, -0.05) is 146 Å². The fourth-order valence-electron chi connectivity index (χ4n) is 8.77. The number of para-hydroxylation sites is 2. The van der Waals surface area contributed by atoms with Gasteiger partial charge in [-0.05, 0) is 41.3 Å². The Hall–Kier alpha value is -6.78. The van der Waals surface area contributed by atoms with Crippen molar-refractivity contribution in [1.29, 1.82) is 0 Å². The third-order valence-corrected chi connectivity index (χ3v) is 10.9. The quantitative estimate of drug-likeness (QED) is 0.176. The molecular weight excluding hydrogens is 633 g/mol. The highest BCUT2D eigenvalue weighted by molar-refractivity contribution is 6.45. The number of nitrogens with zero attached hydrogens (tertiary/aromatic N) is 4. The van der Waals surface area contributed by atoms with Gasteiger partial charge in [-0.3, -0.25) is 4.57 Å². The minimum atomic E-state index is 0.656. The summed E-state index contributed by atoms with van der Waals surface area (Å²) >= 11 is 0. The number of fused-ring (bicyclic) bond motifs is 15. The first kappa shape index (κ1) is 29.0. The zero-order valence-electron chi connectivity index (χ0n) is 28.6. The van der Waals surface area contributed by atoms with Crippen molar-refractivity contribution in [3.8, 4) is 28.5 Å². The Morgan fingerprint density at radius 2 is 0.846 bits per heavy atom. The fraction of sp³-hybridized carbons (Fsp3) is 0.0417. The third-order valence-electron chi connectivity index (χ3n) is 10.9. The maximum absolute atomic E-state index is 5.39. The lowest BCUT2D eigenvalue weighted by Crippen LogP contribution is -2.04. The van der Waals surface area contributed by atoms with Crippen molar-refractivity contribution in [2.24, 2.45) is 0 Å². The molecular formula is C48H32N4. The smallest absolute Gasteiger partial charge is 0.235 e. The minimum Gasteiger partial charge on any atom is -0.340 e. The topological polar surface area (TPSA) is 35.6 Å². The second kappa shape index (κ2) is 11.1. The van der Waals surface area contributed by atoms with Crippen LogP contribution in [0, 0.1) is 0 Å². The Morgan fingerprint density at radius 3 is 1.42 bits per heavy atom. The summed E-state index contributed by atoms with van der Waals surface area (Å²) in [5, 5.41) is 12.5. The predicted octanol–water partition coefficient (Wildman–Crippen LogP) is 12.5. The second-order valence-corrected chi connectivity index (χ2v) is 13.6. The van der Waals surface area contributed by atoms with Gasteiger partial charge in [0, 0.05) is 60.9 Å². The van der Waals surface area contributed by atoms with Crippen LogP contribution in [-0.4, -0.2) is 19.1 Å². The molecule has 3 heterocycles. The number of aryl methyl sites for hydroxylation is 1. The molecule has 0 aliphatic carbocycles. The molecule has 0 bridgehead atoms. The predicted molar refractivity (Wildman–Crippen MR) is 218 cm³/mol. The zero-order valence-corrected chi connectivity index (χ0v) is 28.6. The van der Waals surface area contributed by atoms with Crippen LogP contribution in [-0.2, 0) is 6.54 Å². The molecule has 11 rings (SSSR count). The lowest BCUT2D eigenvalue weighted by Gasteiger charge is -2.16. The highest BCUT2D eigenvalue weighted by Crippen LogP contribution is 2.49. The lowest BCUT2D eigenvalue weighted by atomic mass is 9.89. The first-order chi connectivity index (χ1) is 25.8. The number of aromatic nitrogens is 4. The van der Waals surface area contributed by atoms with E-state index in [1.54, 1.807) is 0 Å². The Labute approximate surface area is 299 Å². The maximum atomic E-state index is 5.39. The van der Waals surface area contributed by atoms with Gasteiger partial charge in [0.25, 0.3) is 0 Å². The van der Waals surface area contributed by atoms with E-state index >= 15 is 0 Å². The van der Waals surface area contributed by atoms with Crippen LogP contribution in [0.4, 0.5) is 0 Å². The van der Waals surface area contributed by atoms with E-state index in [2.05, 4.69) is 168 Å². The van der Waals surface area contributed by atoms with Gasteiger partial charge in [-0.25, -0.2) is 9.97 Å². The van der Waals surface area contributed by atoms with Crippen molar-refractivity contribution in [2.45, 2.75) is 13.5 Å². The van der Waals surface area contributed by atoms with E-state index in [1.165, 1.54) is 64.9 Å². The van der Waals surface area contributed by atoms with E-state index in [-0.39, 0.29) is 0 Å². The Balaban J connectivity index is 1.42. The molecule has 3 aromatic heterocycles. The van der Waals surface area contributed by atoms with Crippen LogP contribution in [0.25, 0.3) is 104 Å². The molecule has 0 radical (unpaired) electrons. The van der Waals surface area contributed by atoms with Crippen molar-refractivity contribution >= 4 is 75.9 Å². The van der Waals surface area contributed by atoms with Gasteiger partial charge >= 0.3 is 0 Å². The van der Waals surface area contributed by atoms with Crippen molar-refractivity contribution in [3.05, 3.63) is 164 Å². The van der Waals surface area contributed by atoms with Crippen LogP contribution in [0.15, 0.2) is 164 Å². The fourth-order valence-corrected chi connectivity index (χ4v) is 8.77. The molecule has 244 valence electrons.